The van der Waals surface area contributed by atoms with Crippen molar-refractivity contribution in [3.63, 3.8) is 0 Å². The predicted molar refractivity (Wildman–Crippen MR) is 59.8 cm³/mol. The van der Waals surface area contributed by atoms with Crippen LogP contribution in [-0.2, 0) is 7.05 Å². The van der Waals surface area contributed by atoms with E-state index in [1.807, 2.05) is 19.9 Å². The number of carbonyl (C=O) groups is 1. The van der Waals surface area contributed by atoms with Gasteiger partial charge in [-0.3, -0.25) is 9.48 Å². The van der Waals surface area contributed by atoms with Gasteiger partial charge in [0.05, 0.1) is 24.3 Å². The summed E-state index contributed by atoms with van der Waals surface area (Å²) in [5.74, 6) is -0.0525. The fourth-order valence-electron chi connectivity index (χ4n) is 1.47. The van der Waals surface area contributed by atoms with Gasteiger partial charge in [-0.15, -0.1) is 0 Å². The van der Waals surface area contributed by atoms with Crippen molar-refractivity contribution in [1.29, 1.82) is 5.26 Å². The van der Waals surface area contributed by atoms with Crippen molar-refractivity contribution in [3.8, 4) is 6.07 Å². The molecule has 5 heteroatoms. The number of nitriles is 1. The van der Waals surface area contributed by atoms with Gasteiger partial charge in [0.2, 0.25) is 0 Å². The smallest absolute Gasteiger partial charge is 0.257 e. The summed E-state index contributed by atoms with van der Waals surface area (Å²) in [5.41, 5.74) is 1.46. The van der Waals surface area contributed by atoms with E-state index in [1.54, 1.807) is 22.8 Å². The Labute approximate surface area is 95.3 Å². The molecule has 0 fully saturated rings. The van der Waals surface area contributed by atoms with Gasteiger partial charge in [-0.2, -0.15) is 10.4 Å². The zero-order valence-corrected chi connectivity index (χ0v) is 9.90. The highest BCUT2D eigenvalue weighted by molar-refractivity contribution is 5.95. The SMILES string of the molecule is CCN(CCC#N)C(=O)c1cnn(C)c1C. The van der Waals surface area contributed by atoms with E-state index in [0.717, 1.165) is 5.69 Å². The largest absolute Gasteiger partial charge is 0.338 e. The fourth-order valence-corrected chi connectivity index (χ4v) is 1.47. The van der Waals surface area contributed by atoms with Gasteiger partial charge >= 0.3 is 0 Å². The van der Waals surface area contributed by atoms with Crippen molar-refractivity contribution >= 4 is 5.91 Å². The lowest BCUT2D eigenvalue weighted by molar-refractivity contribution is 0.0767. The lowest BCUT2D eigenvalue weighted by Gasteiger charge is -2.19. The van der Waals surface area contributed by atoms with Crippen LogP contribution >= 0.6 is 0 Å². The molecule has 1 aromatic rings. The monoisotopic (exact) mass is 220 g/mol. The normalized spacial score (nSPS) is 9.88. The van der Waals surface area contributed by atoms with Crippen LogP contribution in [0.1, 0.15) is 29.4 Å². The predicted octanol–water partition coefficient (Wildman–Crippen LogP) is 1.10. The van der Waals surface area contributed by atoms with Crippen LogP contribution < -0.4 is 0 Å². The van der Waals surface area contributed by atoms with Crippen molar-refractivity contribution in [2.45, 2.75) is 20.3 Å². The molecule has 1 amide bonds. The highest BCUT2D eigenvalue weighted by atomic mass is 16.2. The Bertz CT molecular complexity index is 416. The second-order valence-corrected chi connectivity index (χ2v) is 3.56. The number of amides is 1. The third kappa shape index (κ3) is 2.40. The first-order valence-corrected chi connectivity index (χ1v) is 5.26. The van der Waals surface area contributed by atoms with Crippen molar-refractivity contribution in [1.82, 2.24) is 14.7 Å². The average molecular weight is 220 g/mol. The van der Waals surface area contributed by atoms with E-state index in [1.165, 1.54) is 0 Å². The number of carbonyl (C=O) groups excluding carboxylic acids is 1. The second-order valence-electron chi connectivity index (χ2n) is 3.56. The molecule has 0 bridgehead atoms. The molecular weight excluding hydrogens is 204 g/mol. The topological polar surface area (TPSA) is 61.9 Å². The fraction of sp³-hybridized carbons (Fsp3) is 0.545. The summed E-state index contributed by atoms with van der Waals surface area (Å²) in [6, 6.07) is 2.04. The first-order chi connectivity index (χ1) is 7.61. The molecule has 0 saturated heterocycles. The molecule has 1 aromatic heterocycles. The van der Waals surface area contributed by atoms with Gasteiger partial charge in [-0.05, 0) is 13.8 Å². The molecule has 0 radical (unpaired) electrons. The molecule has 16 heavy (non-hydrogen) atoms. The number of hydrogen-bond acceptors (Lipinski definition) is 3. The molecule has 0 aliphatic heterocycles. The van der Waals surface area contributed by atoms with Crippen molar-refractivity contribution in [2.24, 2.45) is 7.05 Å². The number of aromatic nitrogens is 2. The van der Waals surface area contributed by atoms with Crippen molar-refractivity contribution < 1.29 is 4.79 Å². The van der Waals surface area contributed by atoms with Crippen LogP contribution in [0.3, 0.4) is 0 Å². The highest BCUT2D eigenvalue weighted by Crippen LogP contribution is 2.09. The molecule has 0 atom stereocenters. The minimum atomic E-state index is -0.0525. The van der Waals surface area contributed by atoms with Crippen LogP contribution in [-0.4, -0.2) is 33.7 Å². The van der Waals surface area contributed by atoms with Crippen LogP contribution in [0.25, 0.3) is 0 Å². The Morgan fingerprint density at radius 3 is 2.81 bits per heavy atom. The van der Waals surface area contributed by atoms with Gasteiger partial charge < -0.3 is 4.90 Å². The second kappa shape index (κ2) is 5.31. The zero-order valence-electron chi connectivity index (χ0n) is 9.90. The van der Waals surface area contributed by atoms with E-state index in [-0.39, 0.29) is 5.91 Å². The molecule has 0 N–H and O–H groups in total. The summed E-state index contributed by atoms with van der Waals surface area (Å²) in [5, 5.41) is 12.6. The molecule has 1 rings (SSSR count). The Balaban J connectivity index is 2.83. The van der Waals surface area contributed by atoms with Gasteiger partial charge in [0.1, 0.15) is 0 Å². The van der Waals surface area contributed by atoms with Crippen molar-refractivity contribution in [2.75, 3.05) is 13.1 Å². The van der Waals surface area contributed by atoms with Gasteiger partial charge in [0.25, 0.3) is 5.91 Å². The summed E-state index contributed by atoms with van der Waals surface area (Å²) in [4.78, 5) is 13.7. The molecule has 0 saturated carbocycles. The van der Waals surface area contributed by atoms with Gasteiger partial charge in [-0.1, -0.05) is 0 Å². The molecule has 1 heterocycles. The molecule has 0 spiro atoms. The van der Waals surface area contributed by atoms with Crippen LogP contribution in [0.4, 0.5) is 0 Å². The van der Waals surface area contributed by atoms with E-state index in [0.29, 0.717) is 25.1 Å². The summed E-state index contributed by atoms with van der Waals surface area (Å²) < 4.78 is 1.67. The minimum Gasteiger partial charge on any atom is -0.338 e. The third-order valence-corrected chi connectivity index (χ3v) is 2.63. The zero-order chi connectivity index (χ0) is 12.1. The van der Waals surface area contributed by atoms with E-state index in [4.69, 9.17) is 5.26 Å². The van der Waals surface area contributed by atoms with Gasteiger partial charge in [0, 0.05) is 25.8 Å². The average Bonchev–Trinajstić information content (AvgIpc) is 2.60. The summed E-state index contributed by atoms with van der Waals surface area (Å²) >= 11 is 0. The minimum absolute atomic E-state index is 0.0525. The number of nitrogens with zero attached hydrogens (tertiary/aromatic N) is 4. The highest BCUT2D eigenvalue weighted by Gasteiger charge is 2.18. The maximum Gasteiger partial charge on any atom is 0.257 e. The Morgan fingerprint density at radius 1 is 1.69 bits per heavy atom. The number of hydrogen-bond donors (Lipinski definition) is 0. The van der Waals surface area contributed by atoms with E-state index < -0.39 is 0 Å². The molecule has 0 aromatic carbocycles. The Morgan fingerprint density at radius 2 is 2.38 bits per heavy atom. The summed E-state index contributed by atoms with van der Waals surface area (Å²) in [6.07, 6.45) is 1.94. The Kier molecular flexibility index (Phi) is 4.06. The van der Waals surface area contributed by atoms with Crippen LogP contribution in [0, 0.1) is 18.3 Å². The summed E-state index contributed by atoms with van der Waals surface area (Å²) in [6.45, 7) is 4.84. The van der Waals surface area contributed by atoms with Crippen molar-refractivity contribution in [3.05, 3.63) is 17.5 Å². The third-order valence-electron chi connectivity index (χ3n) is 2.63. The lowest BCUT2D eigenvalue weighted by atomic mass is 10.2. The lowest BCUT2D eigenvalue weighted by Crippen LogP contribution is -2.31. The first kappa shape index (κ1) is 12.2. The molecule has 0 unspecified atom stereocenters. The van der Waals surface area contributed by atoms with Gasteiger partial charge in [-0.25, -0.2) is 0 Å². The van der Waals surface area contributed by atoms with E-state index in [2.05, 4.69) is 5.10 Å². The quantitative estimate of drug-likeness (QED) is 0.763. The van der Waals surface area contributed by atoms with Crippen LogP contribution in [0.15, 0.2) is 6.20 Å². The Hall–Kier alpha value is -1.83. The number of rotatable bonds is 4. The maximum absolute atomic E-state index is 12.1. The summed E-state index contributed by atoms with van der Waals surface area (Å²) in [7, 11) is 1.80. The van der Waals surface area contributed by atoms with Crippen LogP contribution in [0.2, 0.25) is 0 Å². The van der Waals surface area contributed by atoms with E-state index >= 15 is 0 Å². The van der Waals surface area contributed by atoms with E-state index in [9.17, 15) is 4.79 Å². The maximum atomic E-state index is 12.1. The first-order valence-electron chi connectivity index (χ1n) is 5.26. The molecule has 0 aliphatic rings. The number of aryl methyl sites for hydroxylation is 1. The molecule has 0 aliphatic carbocycles. The standard InChI is InChI=1S/C11H16N4O/c1-4-15(7-5-6-12)11(16)10-8-13-14(3)9(10)2/h8H,4-5,7H2,1-3H3. The molecule has 86 valence electrons. The van der Waals surface area contributed by atoms with Crippen LogP contribution in [0.5, 0.6) is 0 Å². The molecule has 5 nitrogen and oxygen atoms in total. The molecular formula is C11H16N4O. The van der Waals surface area contributed by atoms with Gasteiger partial charge in [0.15, 0.2) is 0 Å².